The number of nitrogens with zero attached hydrogens (tertiary/aromatic N) is 2. The van der Waals surface area contributed by atoms with E-state index in [1.807, 2.05) is 49.4 Å². The fourth-order valence-electron chi connectivity index (χ4n) is 2.79. The Morgan fingerprint density at radius 1 is 1.06 bits per heavy atom. The lowest BCUT2D eigenvalue weighted by atomic mass is 10.2. The molecule has 1 amide bonds. The van der Waals surface area contributed by atoms with E-state index in [9.17, 15) is 9.59 Å². The molecule has 31 heavy (non-hydrogen) atoms. The zero-order chi connectivity index (χ0) is 22.2. The number of methoxy groups -OCH3 is 1. The van der Waals surface area contributed by atoms with Gasteiger partial charge in [-0.25, -0.2) is 9.79 Å². The van der Waals surface area contributed by atoms with Crippen molar-refractivity contribution in [1.82, 2.24) is 4.90 Å². The summed E-state index contributed by atoms with van der Waals surface area (Å²) in [7, 11) is 1.61. The van der Waals surface area contributed by atoms with Crippen molar-refractivity contribution in [3.05, 3.63) is 59.0 Å². The normalized spacial score (nSPS) is 16.1. The van der Waals surface area contributed by atoms with Crippen LogP contribution in [0.2, 0.25) is 0 Å². The predicted molar refractivity (Wildman–Crippen MR) is 122 cm³/mol. The summed E-state index contributed by atoms with van der Waals surface area (Å²) < 4.78 is 15.4. The molecule has 8 heteroatoms. The van der Waals surface area contributed by atoms with Gasteiger partial charge in [0.05, 0.1) is 24.3 Å². The van der Waals surface area contributed by atoms with Gasteiger partial charge in [0.25, 0.3) is 5.91 Å². The standard InChI is InChI=1S/C23H24N2O5S/c1-4-25-22(27)20(31-23(25)24-17-8-12-18(28-3)13-9-17)14-16-6-10-19(11-7-16)30-15-21(26)29-5-2/h6-14H,4-5,15H2,1-3H3/b20-14+,24-23?. The molecule has 7 nitrogen and oxygen atoms in total. The molecule has 0 saturated carbocycles. The quantitative estimate of drug-likeness (QED) is 0.451. The van der Waals surface area contributed by atoms with Gasteiger partial charge in [0.1, 0.15) is 11.5 Å². The van der Waals surface area contributed by atoms with Crippen LogP contribution >= 0.6 is 11.8 Å². The number of amides is 1. The van der Waals surface area contributed by atoms with E-state index in [-0.39, 0.29) is 12.5 Å². The van der Waals surface area contributed by atoms with E-state index in [0.717, 1.165) is 17.0 Å². The molecular weight excluding hydrogens is 416 g/mol. The number of thioether (sulfide) groups is 1. The van der Waals surface area contributed by atoms with Crippen LogP contribution in [0, 0.1) is 0 Å². The number of carbonyl (C=O) groups excluding carboxylic acids is 2. The van der Waals surface area contributed by atoms with Crippen molar-refractivity contribution in [2.24, 2.45) is 4.99 Å². The van der Waals surface area contributed by atoms with Crippen molar-refractivity contribution in [2.75, 3.05) is 26.9 Å². The molecule has 2 aromatic carbocycles. The fourth-order valence-corrected chi connectivity index (χ4v) is 3.86. The van der Waals surface area contributed by atoms with Crippen molar-refractivity contribution in [3.63, 3.8) is 0 Å². The highest BCUT2D eigenvalue weighted by molar-refractivity contribution is 8.18. The van der Waals surface area contributed by atoms with Crippen molar-refractivity contribution in [3.8, 4) is 11.5 Å². The molecule has 3 rings (SSSR count). The van der Waals surface area contributed by atoms with Gasteiger partial charge in [0.2, 0.25) is 0 Å². The molecule has 1 saturated heterocycles. The second-order valence-electron chi connectivity index (χ2n) is 6.42. The molecule has 0 N–H and O–H groups in total. The molecule has 0 radical (unpaired) electrons. The Kier molecular flexibility index (Phi) is 7.72. The molecule has 1 aliphatic rings. The first-order valence-corrected chi connectivity index (χ1v) is 10.7. The number of amidine groups is 1. The second kappa shape index (κ2) is 10.7. The SMILES string of the molecule is CCOC(=O)COc1ccc(/C=C2/SC(=Nc3ccc(OC)cc3)N(CC)C2=O)cc1. The summed E-state index contributed by atoms with van der Waals surface area (Å²) in [5, 5.41) is 0.637. The Morgan fingerprint density at radius 3 is 2.35 bits per heavy atom. The first-order chi connectivity index (χ1) is 15.0. The van der Waals surface area contributed by atoms with Gasteiger partial charge in [0, 0.05) is 6.54 Å². The zero-order valence-electron chi connectivity index (χ0n) is 17.7. The topological polar surface area (TPSA) is 77.4 Å². The summed E-state index contributed by atoms with van der Waals surface area (Å²) in [5.74, 6) is 0.812. The summed E-state index contributed by atoms with van der Waals surface area (Å²) in [4.78, 5) is 31.1. The van der Waals surface area contributed by atoms with Crippen LogP contribution in [0.25, 0.3) is 6.08 Å². The summed E-state index contributed by atoms with van der Waals surface area (Å²) in [6.45, 7) is 4.37. The van der Waals surface area contributed by atoms with E-state index in [4.69, 9.17) is 14.2 Å². The fraction of sp³-hybridized carbons (Fsp3) is 0.261. The number of benzene rings is 2. The van der Waals surface area contributed by atoms with E-state index in [0.29, 0.717) is 29.0 Å². The van der Waals surface area contributed by atoms with E-state index in [1.54, 1.807) is 31.1 Å². The molecular formula is C23H24N2O5S. The highest BCUT2D eigenvalue weighted by Crippen LogP contribution is 2.34. The minimum Gasteiger partial charge on any atom is -0.497 e. The maximum Gasteiger partial charge on any atom is 0.344 e. The molecule has 0 aliphatic carbocycles. The molecule has 1 aliphatic heterocycles. The maximum atomic E-state index is 12.8. The number of ether oxygens (including phenoxy) is 3. The number of carbonyl (C=O) groups is 2. The van der Waals surface area contributed by atoms with Crippen molar-refractivity contribution in [1.29, 1.82) is 0 Å². The highest BCUT2D eigenvalue weighted by atomic mass is 32.2. The van der Waals surface area contributed by atoms with Crippen LogP contribution in [0.3, 0.4) is 0 Å². The van der Waals surface area contributed by atoms with Gasteiger partial charge in [-0.3, -0.25) is 9.69 Å². The first kappa shape index (κ1) is 22.4. The summed E-state index contributed by atoms with van der Waals surface area (Å²) in [5.41, 5.74) is 1.60. The molecule has 2 aromatic rings. The molecule has 0 spiro atoms. The average Bonchev–Trinajstić information content (AvgIpc) is 3.07. The van der Waals surface area contributed by atoms with Crippen LogP contribution < -0.4 is 9.47 Å². The molecule has 0 aromatic heterocycles. The Balaban J connectivity index is 1.72. The van der Waals surface area contributed by atoms with E-state index < -0.39 is 5.97 Å². The largest absolute Gasteiger partial charge is 0.497 e. The number of aliphatic imine (C=N–C) groups is 1. The minimum absolute atomic E-state index is 0.0811. The van der Waals surface area contributed by atoms with Gasteiger partial charge in [-0.2, -0.15) is 0 Å². The monoisotopic (exact) mass is 440 g/mol. The number of hydrogen-bond acceptors (Lipinski definition) is 7. The van der Waals surface area contributed by atoms with Crippen LogP contribution in [0.15, 0.2) is 58.4 Å². The van der Waals surface area contributed by atoms with Gasteiger partial charge < -0.3 is 14.2 Å². The van der Waals surface area contributed by atoms with Gasteiger partial charge in [-0.15, -0.1) is 0 Å². The Morgan fingerprint density at radius 2 is 1.74 bits per heavy atom. The smallest absolute Gasteiger partial charge is 0.344 e. The Labute approximate surface area is 185 Å². The minimum atomic E-state index is -0.412. The molecule has 1 heterocycles. The van der Waals surface area contributed by atoms with Crippen molar-refractivity contribution in [2.45, 2.75) is 13.8 Å². The van der Waals surface area contributed by atoms with Crippen LogP contribution in [-0.4, -0.2) is 48.8 Å². The van der Waals surface area contributed by atoms with Gasteiger partial charge in [-0.1, -0.05) is 12.1 Å². The lowest BCUT2D eigenvalue weighted by Gasteiger charge is -2.12. The summed E-state index contributed by atoms with van der Waals surface area (Å²) >= 11 is 1.34. The average molecular weight is 441 g/mol. The van der Waals surface area contributed by atoms with Gasteiger partial charge in [-0.05, 0) is 73.6 Å². The summed E-state index contributed by atoms with van der Waals surface area (Å²) in [6.07, 6.45) is 1.82. The van der Waals surface area contributed by atoms with Gasteiger partial charge in [0.15, 0.2) is 11.8 Å². The lowest BCUT2D eigenvalue weighted by Crippen LogP contribution is -2.28. The number of hydrogen-bond donors (Lipinski definition) is 0. The van der Waals surface area contributed by atoms with Crippen LogP contribution in [-0.2, 0) is 14.3 Å². The molecule has 0 unspecified atom stereocenters. The third-order valence-electron chi connectivity index (χ3n) is 4.34. The van der Waals surface area contributed by atoms with Crippen molar-refractivity contribution < 1.29 is 23.8 Å². The zero-order valence-corrected chi connectivity index (χ0v) is 18.5. The van der Waals surface area contributed by atoms with E-state index in [1.165, 1.54) is 11.8 Å². The van der Waals surface area contributed by atoms with Crippen LogP contribution in [0.4, 0.5) is 5.69 Å². The lowest BCUT2D eigenvalue weighted by molar-refractivity contribution is -0.145. The Bertz CT molecular complexity index is 984. The predicted octanol–water partition coefficient (Wildman–Crippen LogP) is 4.26. The third kappa shape index (κ3) is 5.88. The second-order valence-corrected chi connectivity index (χ2v) is 7.42. The highest BCUT2D eigenvalue weighted by Gasteiger charge is 2.32. The number of rotatable bonds is 8. The van der Waals surface area contributed by atoms with Crippen LogP contribution in [0.1, 0.15) is 19.4 Å². The number of likely N-dealkylation sites (N-methyl/N-ethyl adjacent to an activating group) is 1. The molecule has 0 atom stereocenters. The molecule has 162 valence electrons. The summed E-state index contributed by atoms with van der Waals surface area (Å²) in [6, 6.07) is 14.5. The van der Waals surface area contributed by atoms with Gasteiger partial charge >= 0.3 is 5.97 Å². The van der Waals surface area contributed by atoms with Crippen LogP contribution in [0.5, 0.6) is 11.5 Å². The number of esters is 1. The molecule has 0 bridgehead atoms. The Hall–Kier alpha value is -3.26. The van der Waals surface area contributed by atoms with E-state index in [2.05, 4.69) is 4.99 Å². The maximum absolute atomic E-state index is 12.8. The van der Waals surface area contributed by atoms with E-state index >= 15 is 0 Å². The third-order valence-corrected chi connectivity index (χ3v) is 5.35. The first-order valence-electron chi connectivity index (χ1n) is 9.86. The van der Waals surface area contributed by atoms with Crippen molar-refractivity contribution >= 4 is 40.6 Å². The molecule has 1 fully saturated rings.